The van der Waals surface area contributed by atoms with Crippen molar-refractivity contribution in [3.05, 3.63) is 52.1 Å². The van der Waals surface area contributed by atoms with E-state index in [1.165, 1.54) is 18.3 Å². The first-order valence-electron chi connectivity index (χ1n) is 9.90. The smallest absolute Gasteiger partial charge is 0.326 e. The molecule has 0 aliphatic carbocycles. The van der Waals surface area contributed by atoms with Crippen LogP contribution in [0.1, 0.15) is 28.9 Å². The first-order chi connectivity index (χ1) is 15.8. The molecule has 1 aromatic carbocycles. The molecule has 13 nitrogen and oxygen atoms in total. The molecule has 7 N–H and O–H groups in total. The van der Waals surface area contributed by atoms with Crippen LogP contribution in [-0.2, 0) is 16.1 Å². The van der Waals surface area contributed by atoms with E-state index >= 15 is 0 Å². The number of carboxylic acid groups (broad SMARTS) is 1. The van der Waals surface area contributed by atoms with E-state index in [9.17, 15) is 24.3 Å². The van der Waals surface area contributed by atoms with Gasteiger partial charge in [-0.2, -0.15) is 4.98 Å². The third-order valence-electron chi connectivity index (χ3n) is 4.74. The Hall–Kier alpha value is -4.39. The number of rotatable bonds is 10. The number of benzene rings is 1. The number of aromatic nitrogens is 4. The molecule has 33 heavy (non-hydrogen) atoms. The van der Waals surface area contributed by atoms with E-state index in [1.807, 2.05) is 0 Å². The molecule has 0 aliphatic heterocycles. The maximum atomic E-state index is 12.7. The second kappa shape index (κ2) is 10.3. The molecule has 0 saturated heterocycles. The van der Waals surface area contributed by atoms with E-state index in [0.717, 1.165) is 0 Å². The Bertz CT molecular complexity index is 1230. The van der Waals surface area contributed by atoms with Gasteiger partial charge in [-0.25, -0.2) is 14.8 Å². The van der Waals surface area contributed by atoms with Crippen molar-refractivity contribution in [1.29, 1.82) is 0 Å². The summed E-state index contributed by atoms with van der Waals surface area (Å²) < 4.78 is 0. The molecule has 2 amide bonds. The number of hydrogen-bond donors (Lipinski definition) is 5. The molecule has 3 aromatic rings. The molecule has 0 aliphatic rings. The number of aliphatic carboxylic acids is 1. The van der Waals surface area contributed by atoms with Gasteiger partial charge in [-0.15, -0.1) is 0 Å². The number of aromatic amines is 1. The lowest BCUT2D eigenvalue weighted by Crippen LogP contribution is -2.44. The number of nitrogen functional groups attached to an aromatic ring is 1. The maximum Gasteiger partial charge on any atom is 0.326 e. The number of carbonyl (C=O) groups excluding carboxylic acids is 2. The molecule has 0 saturated carbocycles. The fraction of sp³-hybridized carbons (Fsp3) is 0.250. The number of amides is 2. The average Bonchev–Trinajstić information content (AvgIpc) is 2.80. The lowest BCUT2D eigenvalue weighted by atomic mass is 10.1. The largest absolute Gasteiger partial charge is 0.480 e. The van der Waals surface area contributed by atoms with Crippen LogP contribution in [0.25, 0.3) is 11.2 Å². The molecule has 2 aromatic heterocycles. The second-order valence-electron chi connectivity index (χ2n) is 7.02. The van der Waals surface area contributed by atoms with Crippen LogP contribution in [-0.4, -0.2) is 60.8 Å². The summed E-state index contributed by atoms with van der Waals surface area (Å²) in [5.41, 5.74) is 11.8. The van der Waals surface area contributed by atoms with Crippen molar-refractivity contribution in [1.82, 2.24) is 24.8 Å². The number of anilines is 2. The van der Waals surface area contributed by atoms with Gasteiger partial charge in [0.1, 0.15) is 6.04 Å². The third-order valence-corrected chi connectivity index (χ3v) is 4.74. The minimum atomic E-state index is -1.30. The predicted molar refractivity (Wildman–Crippen MR) is 118 cm³/mol. The lowest BCUT2D eigenvalue weighted by Gasteiger charge is -2.23. The van der Waals surface area contributed by atoms with E-state index in [1.54, 1.807) is 12.1 Å². The van der Waals surface area contributed by atoms with Crippen molar-refractivity contribution < 1.29 is 19.5 Å². The highest BCUT2D eigenvalue weighted by molar-refractivity contribution is 6.02. The second-order valence-corrected chi connectivity index (χ2v) is 7.02. The predicted octanol–water partition coefficient (Wildman–Crippen LogP) is -0.302. The van der Waals surface area contributed by atoms with Crippen molar-refractivity contribution in [3.63, 3.8) is 0 Å². The molecule has 1 atom stereocenters. The zero-order chi connectivity index (χ0) is 24.0. The van der Waals surface area contributed by atoms with Gasteiger partial charge in [-0.05, 0) is 43.7 Å². The van der Waals surface area contributed by atoms with Gasteiger partial charge in [0.15, 0.2) is 11.2 Å². The number of fused-ring (bicyclic) bond motifs is 1. The van der Waals surface area contributed by atoms with Crippen molar-refractivity contribution in [3.8, 4) is 0 Å². The van der Waals surface area contributed by atoms with E-state index in [-0.39, 0.29) is 48.6 Å². The summed E-state index contributed by atoms with van der Waals surface area (Å²) in [7, 11) is 0. The first kappa shape index (κ1) is 23.3. The van der Waals surface area contributed by atoms with Crippen LogP contribution in [0.15, 0.2) is 35.3 Å². The van der Waals surface area contributed by atoms with Crippen LogP contribution < -0.4 is 22.3 Å². The minimum Gasteiger partial charge on any atom is -0.480 e. The van der Waals surface area contributed by atoms with Gasteiger partial charge in [0.2, 0.25) is 12.4 Å². The zero-order valence-corrected chi connectivity index (χ0v) is 17.4. The standard InChI is InChI=1S/C20H22N8O5/c21-7-1-2-14(19(32)33)28(10-29)18(31)11-3-5-12(6-4-11)23-8-13-9-24-16-15(25-13)17(30)27-20(22)26-16/h3-6,9-10,14,23H,1-2,7-8,21H2,(H,32,33)(H3,22,24,26,27,30)/t14-/m0/s1. The Balaban J connectivity index is 1.70. The Kier molecular flexibility index (Phi) is 7.25. The van der Waals surface area contributed by atoms with Crippen molar-refractivity contribution in [2.24, 2.45) is 5.73 Å². The highest BCUT2D eigenvalue weighted by Crippen LogP contribution is 2.15. The monoisotopic (exact) mass is 454 g/mol. The molecule has 3 rings (SSSR count). The highest BCUT2D eigenvalue weighted by Gasteiger charge is 2.29. The molecule has 0 radical (unpaired) electrons. The van der Waals surface area contributed by atoms with Crippen LogP contribution in [0.5, 0.6) is 0 Å². The summed E-state index contributed by atoms with van der Waals surface area (Å²) >= 11 is 0. The number of carbonyl (C=O) groups is 3. The molecule has 13 heteroatoms. The van der Waals surface area contributed by atoms with E-state index in [4.69, 9.17) is 11.5 Å². The van der Waals surface area contributed by atoms with Crippen molar-refractivity contribution in [2.45, 2.75) is 25.4 Å². The molecular formula is C20H22N8O5. The molecule has 2 heterocycles. The normalized spacial score (nSPS) is 11.7. The number of nitrogens with one attached hydrogen (secondary N) is 2. The molecule has 0 fully saturated rings. The van der Waals surface area contributed by atoms with Gasteiger partial charge in [-0.3, -0.25) is 24.3 Å². The first-order valence-corrected chi connectivity index (χ1v) is 9.90. The number of nitrogens with two attached hydrogens (primary N) is 2. The van der Waals surface area contributed by atoms with E-state index in [0.29, 0.717) is 22.7 Å². The van der Waals surface area contributed by atoms with Crippen LogP contribution >= 0.6 is 0 Å². The van der Waals surface area contributed by atoms with Gasteiger partial charge in [-0.1, -0.05) is 0 Å². The third kappa shape index (κ3) is 5.46. The van der Waals surface area contributed by atoms with Gasteiger partial charge in [0.25, 0.3) is 11.5 Å². The fourth-order valence-electron chi connectivity index (χ4n) is 3.08. The summed E-state index contributed by atoms with van der Waals surface area (Å²) in [6.07, 6.45) is 2.08. The molecule has 0 bridgehead atoms. The van der Waals surface area contributed by atoms with Crippen molar-refractivity contribution >= 4 is 41.1 Å². The van der Waals surface area contributed by atoms with E-state index in [2.05, 4.69) is 25.3 Å². The van der Waals surface area contributed by atoms with Crippen LogP contribution in [0, 0.1) is 0 Å². The van der Waals surface area contributed by atoms with Gasteiger partial charge >= 0.3 is 5.97 Å². The maximum absolute atomic E-state index is 12.7. The number of imide groups is 1. The SMILES string of the molecule is NCCC[C@@H](C(=O)O)N(C=O)C(=O)c1ccc(NCc2cnc3nc(N)[nH]c(=O)c3n2)cc1. The zero-order valence-electron chi connectivity index (χ0n) is 17.4. The van der Waals surface area contributed by atoms with E-state index < -0.39 is 23.5 Å². The minimum absolute atomic E-state index is 0.0514. The number of H-pyrrole nitrogens is 1. The van der Waals surface area contributed by atoms with Crippen molar-refractivity contribution in [2.75, 3.05) is 17.6 Å². The number of carboxylic acids is 1. The summed E-state index contributed by atoms with van der Waals surface area (Å²) in [6, 6.07) is 4.82. The van der Waals surface area contributed by atoms with Crippen LogP contribution in [0.2, 0.25) is 0 Å². The molecule has 0 unspecified atom stereocenters. The molecular weight excluding hydrogens is 432 g/mol. The van der Waals surface area contributed by atoms with Gasteiger partial charge in [0.05, 0.1) is 18.4 Å². The number of hydrogen-bond acceptors (Lipinski definition) is 10. The summed E-state index contributed by atoms with van der Waals surface area (Å²) in [5, 5.41) is 12.4. The summed E-state index contributed by atoms with van der Waals surface area (Å²) in [4.78, 5) is 62.8. The van der Waals surface area contributed by atoms with Gasteiger partial charge in [0, 0.05) is 11.3 Å². The molecule has 0 spiro atoms. The van der Waals surface area contributed by atoms with Crippen LogP contribution in [0.4, 0.5) is 11.6 Å². The average molecular weight is 454 g/mol. The number of nitrogens with zero attached hydrogens (tertiary/aromatic N) is 4. The van der Waals surface area contributed by atoms with Gasteiger partial charge < -0.3 is 21.9 Å². The quantitative estimate of drug-likeness (QED) is 0.251. The lowest BCUT2D eigenvalue weighted by molar-refractivity contribution is -0.145. The summed E-state index contributed by atoms with van der Waals surface area (Å²) in [6.45, 7) is 0.465. The Morgan fingerprint density at radius 3 is 2.61 bits per heavy atom. The summed E-state index contributed by atoms with van der Waals surface area (Å²) in [5.74, 6) is -2.06. The molecule has 172 valence electrons. The fourth-order valence-corrected chi connectivity index (χ4v) is 3.08. The Morgan fingerprint density at radius 1 is 1.24 bits per heavy atom. The topological polar surface area (TPSA) is 210 Å². The Morgan fingerprint density at radius 2 is 1.97 bits per heavy atom. The Labute approximate surface area is 186 Å². The van der Waals surface area contributed by atoms with Crippen LogP contribution in [0.3, 0.4) is 0 Å². The highest BCUT2D eigenvalue weighted by atomic mass is 16.4.